The molecule has 0 bridgehead atoms. The predicted molar refractivity (Wildman–Crippen MR) is 120 cm³/mol. The molecule has 1 aliphatic carbocycles. The average Bonchev–Trinajstić information content (AvgIpc) is 3.20. The highest BCUT2D eigenvalue weighted by Crippen LogP contribution is 2.37. The van der Waals surface area contributed by atoms with Gasteiger partial charge in [0.25, 0.3) is 0 Å². The van der Waals surface area contributed by atoms with Gasteiger partial charge in [-0.15, -0.1) is 0 Å². The van der Waals surface area contributed by atoms with Crippen molar-refractivity contribution < 1.29 is 14.0 Å². The maximum absolute atomic E-state index is 15.5. The molecule has 164 valence electrons. The summed E-state index contributed by atoms with van der Waals surface area (Å²) in [6.45, 7) is 9.63. The number of carbonyl (C=O) groups is 2. The van der Waals surface area contributed by atoms with Crippen molar-refractivity contribution in [3.05, 3.63) is 47.7 Å². The van der Waals surface area contributed by atoms with Crippen molar-refractivity contribution in [3.8, 4) is 0 Å². The molecule has 1 amide bonds. The molecule has 1 aliphatic heterocycles. The summed E-state index contributed by atoms with van der Waals surface area (Å²) in [6.07, 6.45) is 10.5. The fraction of sp³-hybridized carbons (Fsp3) is 0.542. The highest BCUT2D eigenvalue weighted by atomic mass is 19.1. The molecular weight excluding hydrogens is 381 g/mol. The van der Waals surface area contributed by atoms with Crippen LogP contribution in [0.2, 0.25) is 0 Å². The van der Waals surface area contributed by atoms with Crippen molar-refractivity contribution in [2.75, 3.05) is 19.6 Å². The highest BCUT2D eigenvalue weighted by Gasteiger charge is 2.39. The first kappa shape index (κ1) is 23.8. The first-order valence-corrected chi connectivity index (χ1v) is 10.7. The molecule has 0 radical (unpaired) electrons. The molecule has 2 fully saturated rings. The summed E-state index contributed by atoms with van der Waals surface area (Å²) in [4.78, 5) is 30.4. The van der Waals surface area contributed by atoms with E-state index in [0.717, 1.165) is 30.5 Å². The normalized spacial score (nSPS) is 23.7. The molecule has 1 unspecified atom stereocenters. The maximum Gasteiger partial charge on any atom is 0.244 e. The molecule has 1 saturated heterocycles. The molecule has 30 heavy (non-hydrogen) atoms. The molecule has 1 heterocycles. The third kappa shape index (κ3) is 5.55. The zero-order chi connectivity index (χ0) is 22.3. The number of Topliss-reactive ketones (excluding diaryl/α,β-unsaturated/α-hetero) is 1. The van der Waals surface area contributed by atoms with Crippen LogP contribution in [0, 0.1) is 5.92 Å². The monoisotopic (exact) mass is 415 g/mol. The van der Waals surface area contributed by atoms with Crippen LogP contribution < -0.4 is 5.73 Å². The van der Waals surface area contributed by atoms with E-state index < -0.39 is 5.67 Å². The van der Waals surface area contributed by atoms with Gasteiger partial charge in [0.05, 0.1) is 5.70 Å². The Labute approximate surface area is 179 Å². The summed E-state index contributed by atoms with van der Waals surface area (Å²) in [6, 6.07) is 0. The summed E-state index contributed by atoms with van der Waals surface area (Å²) in [5, 5.41) is 0. The quantitative estimate of drug-likeness (QED) is 0.503. The summed E-state index contributed by atoms with van der Waals surface area (Å²) >= 11 is 0. The minimum absolute atomic E-state index is 0.0454. The Hall–Kier alpha value is -2.50. The molecule has 2 N–H and O–H groups in total. The van der Waals surface area contributed by atoms with Crippen LogP contribution in [0.1, 0.15) is 52.9 Å². The molecule has 0 aromatic carbocycles. The van der Waals surface area contributed by atoms with Gasteiger partial charge in [-0.1, -0.05) is 30.9 Å². The van der Waals surface area contributed by atoms with Crippen LogP contribution in [0.4, 0.5) is 4.39 Å². The van der Waals surface area contributed by atoms with Crippen molar-refractivity contribution in [1.82, 2.24) is 4.90 Å². The second-order valence-corrected chi connectivity index (χ2v) is 8.13. The highest BCUT2D eigenvalue weighted by molar-refractivity contribution is 6.09. The van der Waals surface area contributed by atoms with E-state index in [1.165, 1.54) is 6.92 Å². The lowest BCUT2D eigenvalue weighted by Gasteiger charge is -2.38. The topological polar surface area (TPSA) is 75.8 Å². The average molecular weight is 416 g/mol. The van der Waals surface area contributed by atoms with Gasteiger partial charge in [-0.25, -0.2) is 4.39 Å². The fourth-order valence-corrected chi connectivity index (χ4v) is 4.29. The summed E-state index contributed by atoms with van der Waals surface area (Å²) < 4.78 is 15.5. The number of amides is 1. The Kier molecular flexibility index (Phi) is 8.33. The molecule has 0 spiro atoms. The number of rotatable bonds is 7. The van der Waals surface area contributed by atoms with Gasteiger partial charge in [0.15, 0.2) is 5.78 Å². The summed E-state index contributed by atoms with van der Waals surface area (Å²) in [7, 11) is 0. The standard InChI is InChI=1S/C24H34FN3O2/c1-5-7-9-18(6-2)24(4,25)19-12-14-28(15-13-19)22(30)16-27-21-11-8-10-20(21)23(26)17(3)29/h5-7,9,19H,1,8,10-16,26H2,2-4H3/b9-7-,18-6+,23-20-,27-21?. The Morgan fingerprint density at radius 3 is 2.57 bits per heavy atom. The SMILES string of the molecule is C=C/C=C\C(=C/C)C(C)(F)C1CCN(C(=O)CN=C2CCC/C2=C(/N)C(C)=O)CC1. The van der Waals surface area contributed by atoms with Crippen LogP contribution in [0.25, 0.3) is 0 Å². The Bertz CT molecular complexity index is 797. The van der Waals surface area contributed by atoms with E-state index in [1.54, 1.807) is 36.1 Å². The van der Waals surface area contributed by atoms with Crippen LogP contribution in [0.3, 0.4) is 0 Å². The van der Waals surface area contributed by atoms with Gasteiger partial charge in [-0.2, -0.15) is 0 Å². The van der Waals surface area contributed by atoms with Crippen LogP contribution in [-0.2, 0) is 9.59 Å². The third-order valence-electron chi connectivity index (χ3n) is 6.20. The van der Waals surface area contributed by atoms with Gasteiger partial charge in [-0.05, 0) is 57.1 Å². The Morgan fingerprint density at radius 2 is 2.00 bits per heavy atom. The Morgan fingerprint density at radius 1 is 1.33 bits per heavy atom. The zero-order valence-electron chi connectivity index (χ0n) is 18.4. The second kappa shape index (κ2) is 10.5. The number of nitrogens with two attached hydrogens (primary N) is 1. The van der Waals surface area contributed by atoms with Gasteiger partial charge < -0.3 is 10.6 Å². The maximum atomic E-state index is 15.5. The number of alkyl halides is 1. The van der Waals surface area contributed by atoms with E-state index in [4.69, 9.17) is 5.73 Å². The van der Waals surface area contributed by atoms with Crippen LogP contribution in [-0.4, -0.2) is 47.6 Å². The van der Waals surface area contributed by atoms with Crippen molar-refractivity contribution in [3.63, 3.8) is 0 Å². The number of halogens is 1. The number of aliphatic imine (C=N–C) groups is 1. The van der Waals surface area contributed by atoms with Crippen molar-refractivity contribution >= 4 is 17.4 Å². The zero-order valence-corrected chi connectivity index (χ0v) is 18.4. The number of hydrogen-bond acceptors (Lipinski definition) is 4. The van der Waals surface area contributed by atoms with Gasteiger partial charge >= 0.3 is 0 Å². The molecule has 2 aliphatic rings. The van der Waals surface area contributed by atoms with E-state index in [0.29, 0.717) is 31.5 Å². The number of likely N-dealkylation sites (tertiary alicyclic amines) is 1. The fourth-order valence-electron chi connectivity index (χ4n) is 4.29. The molecular formula is C24H34FN3O2. The first-order chi connectivity index (χ1) is 14.2. The smallest absolute Gasteiger partial charge is 0.244 e. The predicted octanol–water partition coefficient (Wildman–Crippen LogP) is 4.07. The molecule has 0 aromatic heterocycles. The summed E-state index contributed by atoms with van der Waals surface area (Å²) in [5.74, 6) is -0.370. The van der Waals surface area contributed by atoms with E-state index in [1.807, 2.05) is 6.92 Å². The lowest BCUT2D eigenvalue weighted by atomic mass is 9.78. The van der Waals surface area contributed by atoms with E-state index in [2.05, 4.69) is 11.6 Å². The van der Waals surface area contributed by atoms with E-state index in [-0.39, 0.29) is 29.9 Å². The van der Waals surface area contributed by atoms with Crippen LogP contribution >= 0.6 is 0 Å². The van der Waals surface area contributed by atoms with Crippen molar-refractivity contribution in [1.29, 1.82) is 0 Å². The second-order valence-electron chi connectivity index (χ2n) is 8.13. The minimum Gasteiger partial charge on any atom is -0.396 e. The number of piperidine rings is 1. The molecule has 5 nitrogen and oxygen atoms in total. The molecule has 2 rings (SSSR count). The number of ketones is 1. The van der Waals surface area contributed by atoms with Crippen molar-refractivity contribution in [2.45, 2.75) is 58.5 Å². The number of hydrogen-bond donors (Lipinski definition) is 1. The summed E-state index contributed by atoms with van der Waals surface area (Å²) in [5.41, 5.74) is 6.90. The van der Waals surface area contributed by atoms with Crippen LogP contribution in [0.15, 0.2) is 52.7 Å². The van der Waals surface area contributed by atoms with Crippen molar-refractivity contribution in [2.24, 2.45) is 16.6 Å². The third-order valence-corrected chi connectivity index (χ3v) is 6.20. The number of carbonyl (C=O) groups excluding carboxylic acids is 2. The number of nitrogens with zero attached hydrogens (tertiary/aromatic N) is 2. The van der Waals surface area contributed by atoms with E-state index in [9.17, 15) is 9.59 Å². The minimum atomic E-state index is -1.45. The molecule has 0 aromatic rings. The number of allylic oxidation sites excluding steroid dienone is 7. The van der Waals surface area contributed by atoms with Gasteiger partial charge in [0.2, 0.25) is 5.91 Å². The lowest BCUT2D eigenvalue weighted by Crippen LogP contribution is -2.45. The molecule has 6 heteroatoms. The van der Waals surface area contributed by atoms with E-state index >= 15 is 4.39 Å². The molecule has 1 atom stereocenters. The Balaban J connectivity index is 1.97. The van der Waals surface area contributed by atoms with Gasteiger partial charge in [-0.3, -0.25) is 14.6 Å². The first-order valence-electron chi connectivity index (χ1n) is 10.7. The van der Waals surface area contributed by atoms with Gasteiger partial charge in [0.1, 0.15) is 12.2 Å². The largest absolute Gasteiger partial charge is 0.396 e. The van der Waals surface area contributed by atoms with Crippen LogP contribution in [0.5, 0.6) is 0 Å². The van der Waals surface area contributed by atoms with Gasteiger partial charge in [0, 0.05) is 31.6 Å². The molecule has 1 saturated carbocycles. The lowest BCUT2D eigenvalue weighted by molar-refractivity contribution is -0.131.